The molecule has 0 fully saturated rings. The van der Waals surface area contributed by atoms with Gasteiger partial charge in [0.2, 0.25) is 5.76 Å². The van der Waals surface area contributed by atoms with E-state index < -0.39 is 30.5 Å². The number of hydrogen-bond acceptors (Lipinski definition) is 6. The largest absolute Gasteiger partial charge is 0.467 e. The van der Waals surface area contributed by atoms with Crippen LogP contribution >= 0.6 is 0 Å². The highest BCUT2D eigenvalue weighted by Gasteiger charge is 2.24. The molecule has 0 radical (unpaired) electrons. The summed E-state index contributed by atoms with van der Waals surface area (Å²) in [5, 5.41) is 2.52. The number of esters is 2. The van der Waals surface area contributed by atoms with Crippen LogP contribution in [-0.4, -0.2) is 37.6 Å². The van der Waals surface area contributed by atoms with Crippen LogP contribution in [0.4, 0.5) is 0 Å². The van der Waals surface area contributed by atoms with Crippen molar-refractivity contribution < 1.29 is 28.3 Å². The Hall–Kier alpha value is -3.09. The third kappa shape index (κ3) is 5.70. The average molecular weight is 373 g/mol. The zero-order valence-corrected chi connectivity index (χ0v) is 15.6. The number of furan rings is 1. The van der Waals surface area contributed by atoms with Crippen molar-refractivity contribution in [3.63, 3.8) is 0 Å². The second-order valence-electron chi connectivity index (χ2n) is 6.38. The summed E-state index contributed by atoms with van der Waals surface area (Å²) >= 11 is 0. The molecule has 1 aromatic heterocycles. The molecule has 0 bridgehead atoms. The van der Waals surface area contributed by atoms with Gasteiger partial charge in [0, 0.05) is 5.56 Å². The molecule has 144 valence electrons. The number of carbonyl (C=O) groups excluding carboxylic acids is 3. The summed E-state index contributed by atoms with van der Waals surface area (Å²) in [5.74, 6) is -1.70. The summed E-state index contributed by atoms with van der Waals surface area (Å²) in [4.78, 5) is 36.1. The first-order chi connectivity index (χ1) is 12.9. The van der Waals surface area contributed by atoms with Crippen LogP contribution in [0.3, 0.4) is 0 Å². The summed E-state index contributed by atoms with van der Waals surface area (Å²) in [6.07, 6.45) is 1.80. The van der Waals surface area contributed by atoms with E-state index in [-0.39, 0.29) is 11.7 Å². The normalized spacial score (nSPS) is 11.7. The van der Waals surface area contributed by atoms with E-state index in [1.165, 1.54) is 13.4 Å². The minimum Gasteiger partial charge on any atom is -0.467 e. The molecule has 0 aliphatic heterocycles. The third-order valence-electron chi connectivity index (χ3n) is 3.80. The van der Waals surface area contributed by atoms with Gasteiger partial charge in [0.25, 0.3) is 5.91 Å². The predicted molar refractivity (Wildman–Crippen MR) is 97.8 cm³/mol. The molecule has 0 saturated carbocycles. The molecule has 1 aromatic carbocycles. The number of nitrogens with one attached hydrogen (secondary N) is 1. The molecule has 2 rings (SSSR count). The molecule has 1 amide bonds. The summed E-state index contributed by atoms with van der Waals surface area (Å²) in [7, 11) is 1.25. The number of carbonyl (C=O) groups is 3. The van der Waals surface area contributed by atoms with Crippen molar-refractivity contribution >= 4 is 17.8 Å². The van der Waals surface area contributed by atoms with Crippen molar-refractivity contribution in [1.29, 1.82) is 0 Å². The SMILES string of the molecule is COC(=O)[C@H](CC(C)C)NC(=O)COC(=O)c1occc1-c1ccccc1. The quantitative estimate of drug-likeness (QED) is 0.715. The Morgan fingerprint density at radius 2 is 1.81 bits per heavy atom. The van der Waals surface area contributed by atoms with Gasteiger partial charge in [0.15, 0.2) is 6.61 Å². The molecule has 0 aliphatic carbocycles. The van der Waals surface area contributed by atoms with Gasteiger partial charge in [0.1, 0.15) is 6.04 Å². The van der Waals surface area contributed by atoms with E-state index in [0.29, 0.717) is 12.0 Å². The van der Waals surface area contributed by atoms with E-state index in [4.69, 9.17) is 9.15 Å². The molecule has 1 N–H and O–H groups in total. The van der Waals surface area contributed by atoms with Gasteiger partial charge in [0.05, 0.1) is 13.4 Å². The zero-order valence-electron chi connectivity index (χ0n) is 15.6. The third-order valence-corrected chi connectivity index (χ3v) is 3.80. The lowest BCUT2D eigenvalue weighted by molar-refractivity contribution is -0.145. The standard InChI is InChI=1S/C20H23NO6/c1-13(2)11-16(19(23)25-3)21-17(22)12-27-20(24)18-15(9-10-26-18)14-7-5-4-6-8-14/h4-10,13,16H,11-12H2,1-3H3,(H,21,22)/t16-/m0/s1. The topological polar surface area (TPSA) is 94.8 Å². The van der Waals surface area contributed by atoms with Crippen molar-refractivity contribution in [3.8, 4) is 11.1 Å². The van der Waals surface area contributed by atoms with E-state index in [2.05, 4.69) is 10.1 Å². The van der Waals surface area contributed by atoms with Crippen LogP contribution < -0.4 is 5.32 Å². The summed E-state index contributed by atoms with van der Waals surface area (Å²) in [6, 6.07) is 10.1. The minimum absolute atomic E-state index is 0.0145. The monoisotopic (exact) mass is 373 g/mol. The fourth-order valence-electron chi connectivity index (χ4n) is 2.57. The van der Waals surface area contributed by atoms with Gasteiger partial charge in [-0.15, -0.1) is 0 Å². The lowest BCUT2D eigenvalue weighted by atomic mass is 10.0. The highest BCUT2D eigenvalue weighted by molar-refractivity contribution is 5.95. The van der Waals surface area contributed by atoms with Gasteiger partial charge in [-0.1, -0.05) is 44.2 Å². The van der Waals surface area contributed by atoms with Crippen molar-refractivity contribution in [1.82, 2.24) is 5.32 Å². The average Bonchev–Trinajstić information content (AvgIpc) is 3.15. The molecule has 0 unspecified atom stereocenters. The maximum absolute atomic E-state index is 12.3. The van der Waals surface area contributed by atoms with Gasteiger partial charge in [-0.3, -0.25) is 4.79 Å². The number of ether oxygens (including phenoxy) is 2. The highest BCUT2D eigenvalue weighted by Crippen LogP contribution is 2.25. The lowest BCUT2D eigenvalue weighted by Gasteiger charge is -2.18. The van der Waals surface area contributed by atoms with Crippen LogP contribution in [0.1, 0.15) is 30.8 Å². The number of rotatable bonds is 8. The van der Waals surface area contributed by atoms with Crippen LogP contribution in [0, 0.1) is 5.92 Å². The zero-order chi connectivity index (χ0) is 19.8. The highest BCUT2D eigenvalue weighted by atomic mass is 16.5. The Bertz CT molecular complexity index is 781. The Morgan fingerprint density at radius 1 is 1.11 bits per heavy atom. The smallest absolute Gasteiger partial charge is 0.375 e. The van der Waals surface area contributed by atoms with Gasteiger partial charge in [-0.2, -0.15) is 0 Å². The minimum atomic E-state index is -0.787. The molecule has 0 saturated heterocycles. The fraction of sp³-hybridized carbons (Fsp3) is 0.350. The van der Waals surface area contributed by atoms with Crippen LogP contribution in [0.5, 0.6) is 0 Å². The van der Waals surface area contributed by atoms with Gasteiger partial charge in [-0.25, -0.2) is 9.59 Å². The molecule has 1 heterocycles. The molecule has 0 aliphatic rings. The number of hydrogen-bond donors (Lipinski definition) is 1. The van der Waals surface area contributed by atoms with Crippen LogP contribution in [0.2, 0.25) is 0 Å². The summed E-state index contributed by atoms with van der Waals surface area (Å²) in [6.45, 7) is 3.31. The Kier molecular flexibility index (Phi) is 7.16. The van der Waals surface area contributed by atoms with Crippen LogP contribution in [0.25, 0.3) is 11.1 Å². The Labute approximate surface area is 157 Å². The van der Waals surface area contributed by atoms with Crippen LogP contribution in [-0.2, 0) is 19.1 Å². The maximum atomic E-state index is 12.3. The fourth-order valence-corrected chi connectivity index (χ4v) is 2.57. The van der Waals surface area contributed by atoms with Gasteiger partial charge < -0.3 is 19.2 Å². The molecule has 27 heavy (non-hydrogen) atoms. The van der Waals surface area contributed by atoms with Gasteiger partial charge in [-0.05, 0) is 24.0 Å². The van der Waals surface area contributed by atoms with E-state index >= 15 is 0 Å². The van der Waals surface area contributed by atoms with Crippen molar-refractivity contribution in [3.05, 3.63) is 48.4 Å². The van der Waals surface area contributed by atoms with Crippen molar-refractivity contribution in [2.24, 2.45) is 5.92 Å². The first-order valence-corrected chi connectivity index (χ1v) is 8.59. The second-order valence-corrected chi connectivity index (χ2v) is 6.38. The van der Waals surface area contributed by atoms with Gasteiger partial charge >= 0.3 is 11.9 Å². The maximum Gasteiger partial charge on any atom is 0.375 e. The summed E-state index contributed by atoms with van der Waals surface area (Å²) < 4.78 is 14.9. The Morgan fingerprint density at radius 3 is 2.44 bits per heavy atom. The van der Waals surface area contributed by atoms with Crippen molar-refractivity contribution in [2.45, 2.75) is 26.3 Å². The van der Waals surface area contributed by atoms with Crippen LogP contribution in [0.15, 0.2) is 47.1 Å². The first-order valence-electron chi connectivity index (χ1n) is 8.59. The van der Waals surface area contributed by atoms with E-state index in [1.807, 2.05) is 44.2 Å². The molecular formula is C20H23NO6. The Balaban J connectivity index is 1.96. The first kappa shape index (κ1) is 20.2. The summed E-state index contributed by atoms with van der Waals surface area (Å²) in [5.41, 5.74) is 1.37. The number of amides is 1. The van der Waals surface area contributed by atoms with E-state index in [1.54, 1.807) is 6.07 Å². The molecule has 2 aromatic rings. The molecule has 0 spiro atoms. The number of benzene rings is 1. The molecule has 7 nitrogen and oxygen atoms in total. The molecule has 7 heteroatoms. The van der Waals surface area contributed by atoms with E-state index in [9.17, 15) is 14.4 Å². The molecular weight excluding hydrogens is 350 g/mol. The predicted octanol–water partition coefficient (Wildman–Crippen LogP) is 2.81. The lowest BCUT2D eigenvalue weighted by Crippen LogP contribution is -2.44. The number of methoxy groups -OCH3 is 1. The van der Waals surface area contributed by atoms with Crippen molar-refractivity contribution in [2.75, 3.05) is 13.7 Å². The molecule has 1 atom stereocenters. The second kappa shape index (κ2) is 9.56. The van der Waals surface area contributed by atoms with E-state index in [0.717, 1.165) is 5.56 Å².